The van der Waals surface area contributed by atoms with Gasteiger partial charge >= 0.3 is 0 Å². The fourth-order valence-electron chi connectivity index (χ4n) is 3.43. The number of nitrogens with zero attached hydrogens (tertiary/aromatic N) is 3. The highest BCUT2D eigenvalue weighted by molar-refractivity contribution is 6.00. The third kappa shape index (κ3) is 4.41. The van der Waals surface area contributed by atoms with Crippen LogP contribution < -0.4 is 16.0 Å². The molecule has 3 heterocycles. The van der Waals surface area contributed by atoms with E-state index in [0.29, 0.717) is 49.2 Å². The number of H-pyrrole nitrogens is 1. The highest BCUT2D eigenvalue weighted by atomic mass is 16.2. The fraction of sp³-hybridized carbons (Fsp3) is 0.333. The van der Waals surface area contributed by atoms with E-state index < -0.39 is 0 Å². The number of hydrogen-bond acceptors (Lipinski definition) is 6. The quantitative estimate of drug-likeness (QED) is 0.457. The van der Waals surface area contributed by atoms with Crippen molar-refractivity contribution in [1.82, 2.24) is 30.5 Å². The smallest absolute Gasteiger partial charge is 0.270 e. The second-order valence-electron chi connectivity index (χ2n) is 7.16. The molecule has 1 aliphatic rings. The maximum absolute atomic E-state index is 12.9. The van der Waals surface area contributed by atoms with E-state index >= 15 is 0 Å². The van der Waals surface area contributed by atoms with E-state index in [1.165, 1.54) is 6.92 Å². The first-order chi connectivity index (χ1) is 14.6. The molecule has 156 valence electrons. The monoisotopic (exact) mass is 407 g/mol. The Hall–Kier alpha value is -3.46. The number of hydrogen-bond donors (Lipinski definition) is 4. The predicted octanol–water partition coefficient (Wildman–Crippen LogP) is 1.22. The van der Waals surface area contributed by atoms with Crippen molar-refractivity contribution in [2.75, 3.05) is 44.6 Å². The van der Waals surface area contributed by atoms with Crippen LogP contribution in [0.5, 0.6) is 0 Å². The van der Waals surface area contributed by atoms with Crippen molar-refractivity contribution in [2.24, 2.45) is 0 Å². The fourth-order valence-corrected chi connectivity index (χ4v) is 3.43. The Balaban J connectivity index is 1.67. The van der Waals surface area contributed by atoms with Crippen molar-refractivity contribution in [3.8, 4) is 11.4 Å². The molecule has 0 unspecified atom stereocenters. The minimum Gasteiger partial charge on any atom is -0.368 e. The summed E-state index contributed by atoms with van der Waals surface area (Å²) in [6.45, 7) is 5.40. The van der Waals surface area contributed by atoms with Crippen LogP contribution in [0.4, 0.5) is 5.82 Å². The van der Waals surface area contributed by atoms with E-state index in [-0.39, 0.29) is 11.8 Å². The van der Waals surface area contributed by atoms with E-state index in [1.54, 1.807) is 6.07 Å². The SMILES string of the molecule is CC(=O)NCCNc1nc(-c2ccccc2)nc2[nH]c(C(=O)N3CCNCC3)cc12. The van der Waals surface area contributed by atoms with Gasteiger partial charge in [0, 0.05) is 51.8 Å². The summed E-state index contributed by atoms with van der Waals surface area (Å²) in [5, 5.41) is 10.0. The van der Waals surface area contributed by atoms with Gasteiger partial charge in [0.05, 0.1) is 5.39 Å². The van der Waals surface area contributed by atoms with Crippen LogP contribution in [-0.2, 0) is 4.79 Å². The molecule has 0 spiro atoms. The van der Waals surface area contributed by atoms with Crippen molar-refractivity contribution >= 4 is 28.7 Å². The first kappa shape index (κ1) is 19.8. The highest BCUT2D eigenvalue weighted by Crippen LogP contribution is 2.26. The molecule has 30 heavy (non-hydrogen) atoms. The van der Waals surface area contributed by atoms with Crippen LogP contribution >= 0.6 is 0 Å². The van der Waals surface area contributed by atoms with Gasteiger partial charge in [-0.25, -0.2) is 9.97 Å². The Labute approximate surface area is 174 Å². The number of benzene rings is 1. The van der Waals surface area contributed by atoms with Gasteiger partial charge in [-0.1, -0.05) is 30.3 Å². The number of aromatic amines is 1. The standard InChI is InChI=1S/C21H25N7O2/c1-14(29)23-7-8-24-19-16-13-17(21(30)28-11-9-22-10-12-28)25-20(16)27-18(26-19)15-5-3-2-4-6-15/h2-6,13,22H,7-12H2,1H3,(H,23,29)(H2,24,25,26,27). The molecule has 9 heteroatoms. The summed E-state index contributed by atoms with van der Waals surface area (Å²) in [7, 11) is 0. The number of rotatable bonds is 6. The van der Waals surface area contributed by atoms with Gasteiger partial charge in [-0.05, 0) is 6.07 Å². The Morgan fingerprint density at radius 2 is 1.87 bits per heavy atom. The lowest BCUT2D eigenvalue weighted by atomic mass is 10.2. The molecule has 1 aliphatic heterocycles. The Kier molecular flexibility index (Phi) is 5.89. The van der Waals surface area contributed by atoms with Crippen molar-refractivity contribution in [3.63, 3.8) is 0 Å². The molecule has 2 amide bonds. The van der Waals surface area contributed by atoms with Crippen LogP contribution in [0, 0.1) is 0 Å². The third-order valence-electron chi connectivity index (χ3n) is 4.95. The van der Waals surface area contributed by atoms with Gasteiger partial charge in [0.15, 0.2) is 5.82 Å². The zero-order chi connectivity index (χ0) is 20.9. The molecule has 1 fully saturated rings. The molecule has 4 N–H and O–H groups in total. The van der Waals surface area contributed by atoms with Gasteiger partial charge in [0.2, 0.25) is 5.91 Å². The summed E-state index contributed by atoms with van der Waals surface area (Å²) in [6.07, 6.45) is 0. The van der Waals surface area contributed by atoms with Crippen molar-refractivity contribution < 1.29 is 9.59 Å². The van der Waals surface area contributed by atoms with Gasteiger partial charge in [-0.2, -0.15) is 0 Å². The topological polar surface area (TPSA) is 115 Å². The molecular formula is C21H25N7O2. The lowest BCUT2D eigenvalue weighted by Gasteiger charge is -2.26. The number of aromatic nitrogens is 3. The largest absolute Gasteiger partial charge is 0.368 e. The molecule has 2 aromatic heterocycles. The average Bonchev–Trinajstić information content (AvgIpc) is 3.21. The molecule has 0 atom stereocenters. The lowest BCUT2D eigenvalue weighted by molar-refractivity contribution is -0.118. The lowest BCUT2D eigenvalue weighted by Crippen LogP contribution is -2.46. The summed E-state index contributed by atoms with van der Waals surface area (Å²) >= 11 is 0. The second-order valence-corrected chi connectivity index (χ2v) is 7.16. The van der Waals surface area contributed by atoms with Gasteiger partial charge in [0.1, 0.15) is 17.2 Å². The molecule has 0 saturated carbocycles. The number of fused-ring (bicyclic) bond motifs is 1. The number of amides is 2. The number of nitrogens with one attached hydrogen (secondary N) is 4. The van der Waals surface area contributed by atoms with E-state index in [1.807, 2.05) is 35.2 Å². The van der Waals surface area contributed by atoms with E-state index in [0.717, 1.165) is 24.0 Å². The molecule has 0 bridgehead atoms. The summed E-state index contributed by atoms with van der Waals surface area (Å²) in [4.78, 5) is 38.4. The third-order valence-corrected chi connectivity index (χ3v) is 4.95. The molecule has 0 aliphatic carbocycles. The predicted molar refractivity (Wildman–Crippen MR) is 115 cm³/mol. The van der Waals surface area contributed by atoms with E-state index in [2.05, 4.69) is 30.9 Å². The van der Waals surface area contributed by atoms with Gasteiger partial charge < -0.3 is 25.8 Å². The van der Waals surface area contributed by atoms with Crippen molar-refractivity contribution in [3.05, 3.63) is 42.1 Å². The first-order valence-electron chi connectivity index (χ1n) is 10.1. The molecule has 3 aromatic rings. The van der Waals surface area contributed by atoms with Crippen LogP contribution in [0.25, 0.3) is 22.4 Å². The molecule has 4 rings (SSSR count). The van der Waals surface area contributed by atoms with Gasteiger partial charge in [-0.3, -0.25) is 9.59 Å². The van der Waals surface area contributed by atoms with Crippen LogP contribution in [0.3, 0.4) is 0 Å². The molecule has 1 saturated heterocycles. The zero-order valence-electron chi connectivity index (χ0n) is 16.9. The average molecular weight is 407 g/mol. The maximum atomic E-state index is 12.9. The Morgan fingerprint density at radius 1 is 1.10 bits per heavy atom. The molecule has 1 aromatic carbocycles. The van der Waals surface area contributed by atoms with E-state index in [4.69, 9.17) is 0 Å². The van der Waals surface area contributed by atoms with Crippen molar-refractivity contribution in [2.45, 2.75) is 6.92 Å². The summed E-state index contributed by atoms with van der Waals surface area (Å²) < 4.78 is 0. The zero-order valence-corrected chi connectivity index (χ0v) is 16.9. The number of anilines is 1. The minimum absolute atomic E-state index is 0.0417. The normalized spacial score (nSPS) is 14.0. The number of piperazine rings is 1. The van der Waals surface area contributed by atoms with Gasteiger partial charge in [-0.15, -0.1) is 0 Å². The maximum Gasteiger partial charge on any atom is 0.270 e. The number of carbonyl (C=O) groups is 2. The second kappa shape index (κ2) is 8.91. The van der Waals surface area contributed by atoms with Crippen LogP contribution in [0.1, 0.15) is 17.4 Å². The van der Waals surface area contributed by atoms with Crippen LogP contribution in [0.2, 0.25) is 0 Å². The molecule has 0 radical (unpaired) electrons. The minimum atomic E-state index is -0.0832. The Morgan fingerprint density at radius 3 is 2.60 bits per heavy atom. The van der Waals surface area contributed by atoms with Crippen LogP contribution in [-0.4, -0.2) is 70.9 Å². The first-order valence-corrected chi connectivity index (χ1v) is 10.1. The van der Waals surface area contributed by atoms with Crippen LogP contribution in [0.15, 0.2) is 36.4 Å². The highest BCUT2D eigenvalue weighted by Gasteiger charge is 2.21. The summed E-state index contributed by atoms with van der Waals surface area (Å²) in [5.41, 5.74) is 1.98. The summed E-state index contributed by atoms with van der Waals surface area (Å²) in [5.74, 6) is 1.06. The molecule has 9 nitrogen and oxygen atoms in total. The number of carbonyl (C=O) groups excluding carboxylic acids is 2. The molecular weight excluding hydrogens is 382 g/mol. The van der Waals surface area contributed by atoms with Gasteiger partial charge in [0.25, 0.3) is 5.91 Å². The Bertz CT molecular complexity index is 1040. The van der Waals surface area contributed by atoms with E-state index in [9.17, 15) is 9.59 Å². The summed E-state index contributed by atoms with van der Waals surface area (Å²) in [6, 6.07) is 11.5. The van der Waals surface area contributed by atoms with Crippen molar-refractivity contribution in [1.29, 1.82) is 0 Å².